The van der Waals surface area contributed by atoms with Crippen molar-refractivity contribution in [3.8, 4) is 0 Å². The average Bonchev–Trinajstić information content (AvgIpc) is 2.66. The smallest absolute Gasteiger partial charge is 0.135 e. The largest absolute Gasteiger partial charge is 0.299 e. The summed E-state index contributed by atoms with van der Waals surface area (Å²) in [6.45, 7) is 6.59. The summed E-state index contributed by atoms with van der Waals surface area (Å²) in [5.41, 5.74) is 0. The van der Waals surface area contributed by atoms with Gasteiger partial charge in [0.2, 0.25) is 0 Å². The minimum atomic E-state index is 0.366. The zero-order valence-corrected chi connectivity index (χ0v) is 18.6. The van der Waals surface area contributed by atoms with E-state index in [0.29, 0.717) is 11.7 Å². The lowest BCUT2D eigenvalue weighted by atomic mass is 9.89. The number of hydrogen-bond donors (Lipinski definition) is 0. The zero-order valence-electron chi connectivity index (χ0n) is 18.6. The number of ketones is 1. The first-order valence-electron chi connectivity index (χ1n) is 12.3. The fourth-order valence-electron chi connectivity index (χ4n) is 3.98. The molecule has 0 spiro atoms. The van der Waals surface area contributed by atoms with Crippen LogP contribution in [0.4, 0.5) is 0 Å². The minimum absolute atomic E-state index is 0.366. The zero-order chi connectivity index (χ0) is 19.3. The van der Waals surface area contributed by atoms with Crippen molar-refractivity contribution in [1.82, 2.24) is 0 Å². The SMILES string of the molecule is CCCCCCCCCCCCCC(CCCCCCCC)C(=O)CC. The van der Waals surface area contributed by atoms with Crippen LogP contribution in [0.25, 0.3) is 0 Å². The van der Waals surface area contributed by atoms with E-state index in [1.54, 1.807) is 0 Å². The first kappa shape index (κ1) is 25.7. The van der Waals surface area contributed by atoms with Gasteiger partial charge >= 0.3 is 0 Å². The Kier molecular flexibility index (Phi) is 20.7. The molecule has 156 valence electrons. The molecule has 0 heterocycles. The second kappa shape index (κ2) is 21.0. The third-order valence-electron chi connectivity index (χ3n) is 5.87. The fourth-order valence-corrected chi connectivity index (χ4v) is 3.98. The van der Waals surface area contributed by atoms with E-state index in [0.717, 1.165) is 19.3 Å². The van der Waals surface area contributed by atoms with Crippen LogP contribution in [0.15, 0.2) is 0 Å². The van der Waals surface area contributed by atoms with Crippen LogP contribution in [0.5, 0.6) is 0 Å². The molecule has 0 fully saturated rings. The number of hydrogen-bond acceptors (Lipinski definition) is 1. The van der Waals surface area contributed by atoms with Crippen LogP contribution >= 0.6 is 0 Å². The maximum absolute atomic E-state index is 12.2. The number of unbranched alkanes of at least 4 members (excludes halogenated alkanes) is 15. The standard InChI is InChI=1S/C25H50O/c1-4-7-9-11-13-14-15-16-17-19-21-23-24(25(26)6-3)22-20-18-12-10-8-5-2/h24H,4-23H2,1-3H3. The predicted molar refractivity (Wildman–Crippen MR) is 118 cm³/mol. The first-order valence-corrected chi connectivity index (χ1v) is 12.3. The van der Waals surface area contributed by atoms with Crippen LogP contribution in [0.3, 0.4) is 0 Å². The van der Waals surface area contributed by atoms with Gasteiger partial charge in [-0.2, -0.15) is 0 Å². The molecule has 0 aromatic rings. The van der Waals surface area contributed by atoms with Gasteiger partial charge in [0.05, 0.1) is 0 Å². The van der Waals surface area contributed by atoms with Gasteiger partial charge in [-0.1, -0.05) is 130 Å². The molecular weight excluding hydrogens is 316 g/mol. The van der Waals surface area contributed by atoms with Gasteiger partial charge in [0.15, 0.2) is 0 Å². The van der Waals surface area contributed by atoms with Crippen molar-refractivity contribution in [2.24, 2.45) is 5.92 Å². The van der Waals surface area contributed by atoms with Crippen LogP contribution < -0.4 is 0 Å². The van der Waals surface area contributed by atoms with E-state index in [4.69, 9.17) is 0 Å². The Morgan fingerprint density at radius 2 is 0.808 bits per heavy atom. The molecule has 0 N–H and O–H groups in total. The molecule has 0 saturated carbocycles. The summed E-state index contributed by atoms with van der Waals surface area (Å²) in [5, 5.41) is 0. The molecular formula is C25H50O. The van der Waals surface area contributed by atoms with E-state index in [2.05, 4.69) is 13.8 Å². The fraction of sp³-hybridized carbons (Fsp3) is 0.960. The van der Waals surface area contributed by atoms with Crippen LogP contribution in [-0.4, -0.2) is 5.78 Å². The number of Topliss-reactive ketones (excluding diaryl/α,β-unsaturated/α-hetero) is 1. The average molecular weight is 367 g/mol. The van der Waals surface area contributed by atoms with Crippen molar-refractivity contribution in [2.45, 2.75) is 149 Å². The third kappa shape index (κ3) is 17.1. The van der Waals surface area contributed by atoms with Gasteiger partial charge in [-0.05, 0) is 12.8 Å². The van der Waals surface area contributed by atoms with Gasteiger partial charge in [0.1, 0.15) is 5.78 Å². The third-order valence-corrected chi connectivity index (χ3v) is 5.87. The van der Waals surface area contributed by atoms with E-state index in [9.17, 15) is 4.79 Å². The Hall–Kier alpha value is -0.330. The Morgan fingerprint density at radius 1 is 0.500 bits per heavy atom. The van der Waals surface area contributed by atoms with Crippen molar-refractivity contribution in [1.29, 1.82) is 0 Å². The molecule has 26 heavy (non-hydrogen) atoms. The van der Waals surface area contributed by atoms with Crippen LogP contribution in [0, 0.1) is 5.92 Å². The summed E-state index contributed by atoms with van der Waals surface area (Å²) in [6, 6.07) is 0. The molecule has 1 heteroatoms. The molecule has 0 aliphatic carbocycles. The Balaban J connectivity index is 3.57. The number of rotatable bonds is 21. The highest BCUT2D eigenvalue weighted by molar-refractivity contribution is 5.80. The summed E-state index contributed by atoms with van der Waals surface area (Å²) >= 11 is 0. The van der Waals surface area contributed by atoms with Gasteiger partial charge in [-0.15, -0.1) is 0 Å². The lowest BCUT2D eigenvalue weighted by Gasteiger charge is -2.15. The molecule has 1 nitrogen and oxygen atoms in total. The maximum atomic E-state index is 12.2. The van der Waals surface area contributed by atoms with E-state index < -0.39 is 0 Å². The molecule has 0 aromatic carbocycles. The van der Waals surface area contributed by atoms with Gasteiger partial charge in [-0.3, -0.25) is 4.79 Å². The lowest BCUT2D eigenvalue weighted by Crippen LogP contribution is -2.13. The summed E-state index contributed by atoms with van der Waals surface area (Å²) in [6.07, 6.45) is 26.3. The van der Waals surface area contributed by atoms with E-state index in [-0.39, 0.29) is 0 Å². The monoisotopic (exact) mass is 366 g/mol. The second-order valence-corrected chi connectivity index (χ2v) is 8.40. The molecule has 1 unspecified atom stereocenters. The second-order valence-electron chi connectivity index (χ2n) is 8.40. The lowest BCUT2D eigenvalue weighted by molar-refractivity contribution is -0.123. The van der Waals surface area contributed by atoms with Crippen molar-refractivity contribution in [3.05, 3.63) is 0 Å². The van der Waals surface area contributed by atoms with Crippen molar-refractivity contribution in [2.75, 3.05) is 0 Å². The molecule has 0 saturated heterocycles. The Morgan fingerprint density at radius 3 is 1.12 bits per heavy atom. The van der Waals surface area contributed by atoms with Gasteiger partial charge in [-0.25, -0.2) is 0 Å². The predicted octanol–water partition coefficient (Wildman–Crippen LogP) is 9.03. The molecule has 0 bridgehead atoms. The van der Waals surface area contributed by atoms with Crippen LogP contribution in [0.2, 0.25) is 0 Å². The topological polar surface area (TPSA) is 17.1 Å². The molecule has 0 amide bonds. The maximum Gasteiger partial charge on any atom is 0.135 e. The van der Waals surface area contributed by atoms with Gasteiger partial charge in [0, 0.05) is 12.3 Å². The van der Waals surface area contributed by atoms with E-state index in [1.165, 1.54) is 109 Å². The van der Waals surface area contributed by atoms with Crippen molar-refractivity contribution in [3.63, 3.8) is 0 Å². The normalized spacial score (nSPS) is 12.4. The van der Waals surface area contributed by atoms with Crippen molar-refractivity contribution < 1.29 is 4.79 Å². The number of carbonyl (C=O) groups is 1. The van der Waals surface area contributed by atoms with Crippen molar-refractivity contribution >= 4 is 5.78 Å². The first-order chi connectivity index (χ1) is 12.8. The summed E-state index contributed by atoms with van der Waals surface area (Å²) in [7, 11) is 0. The highest BCUT2D eigenvalue weighted by atomic mass is 16.1. The Bertz CT molecular complexity index is 284. The summed E-state index contributed by atoms with van der Waals surface area (Å²) < 4.78 is 0. The highest BCUT2D eigenvalue weighted by Gasteiger charge is 2.15. The van der Waals surface area contributed by atoms with E-state index in [1.807, 2.05) is 6.92 Å². The summed E-state index contributed by atoms with van der Waals surface area (Å²) in [5.74, 6) is 0.885. The van der Waals surface area contributed by atoms with Crippen LogP contribution in [0.1, 0.15) is 149 Å². The van der Waals surface area contributed by atoms with Gasteiger partial charge in [0.25, 0.3) is 0 Å². The minimum Gasteiger partial charge on any atom is -0.299 e. The molecule has 0 aliphatic heterocycles. The number of carbonyl (C=O) groups excluding carboxylic acids is 1. The molecule has 0 rings (SSSR count). The summed E-state index contributed by atoms with van der Waals surface area (Å²) in [4.78, 5) is 12.2. The van der Waals surface area contributed by atoms with Crippen LogP contribution in [-0.2, 0) is 4.79 Å². The molecule has 0 aliphatic rings. The molecule has 0 radical (unpaired) electrons. The quantitative estimate of drug-likeness (QED) is 0.185. The van der Waals surface area contributed by atoms with Gasteiger partial charge < -0.3 is 0 Å². The highest BCUT2D eigenvalue weighted by Crippen LogP contribution is 2.21. The molecule has 1 atom stereocenters. The molecule has 0 aromatic heterocycles. The Labute approximate surface area is 166 Å². The van der Waals surface area contributed by atoms with E-state index >= 15 is 0 Å².